The minimum atomic E-state index is -1.01. The maximum absolute atomic E-state index is 14.0. The average Bonchev–Trinajstić information content (AvgIpc) is 3.62. The van der Waals surface area contributed by atoms with Crippen molar-refractivity contribution in [2.45, 2.75) is 26.8 Å². The van der Waals surface area contributed by atoms with Gasteiger partial charge in [-0.15, -0.1) is 0 Å². The number of nitrogens with one attached hydrogen (secondary N) is 1. The van der Waals surface area contributed by atoms with Crippen molar-refractivity contribution in [2.75, 3.05) is 12.4 Å². The molecule has 0 bridgehead atoms. The van der Waals surface area contributed by atoms with E-state index in [4.69, 9.17) is 14.1 Å². The Hall–Kier alpha value is -5.48. The number of nitrogens with zero attached hydrogens (tertiary/aromatic N) is 2. The van der Waals surface area contributed by atoms with Gasteiger partial charge in [-0.2, -0.15) is 0 Å². The number of hydrogen-bond acceptors (Lipinski definition) is 7. The van der Waals surface area contributed by atoms with Crippen molar-refractivity contribution in [3.8, 4) is 17.1 Å². The molecule has 1 atom stereocenters. The minimum Gasteiger partial charge on any atom is -0.497 e. The molecule has 226 valence electrons. The number of allylic oxidation sites excluding steroid dienone is 1. The maximum atomic E-state index is 14.0. The largest absolute Gasteiger partial charge is 0.497 e. The number of hydrogen-bond donors (Lipinski definition) is 2. The maximum Gasteiger partial charge on any atom is 0.335 e. The molecule has 5 aromatic rings. The van der Waals surface area contributed by atoms with E-state index in [1.165, 1.54) is 23.5 Å². The van der Waals surface area contributed by atoms with E-state index in [-0.39, 0.29) is 17.0 Å². The number of aromatic carboxylic acids is 1. The first kappa shape index (κ1) is 29.6. The minimum absolute atomic E-state index is 0.176. The molecule has 0 unspecified atom stereocenters. The Kier molecular flexibility index (Phi) is 7.82. The van der Waals surface area contributed by atoms with Gasteiger partial charge < -0.3 is 19.6 Å². The Morgan fingerprint density at radius 1 is 1.00 bits per heavy atom. The van der Waals surface area contributed by atoms with E-state index in [1.807, 2.05) is 44.2 Å². The summed E-state index contributed by atoms with van der Waals surface area (Å²) >= 11 is 1.21. The molecule has 6 rings (SSSR count). The molecule has 10 heteroatoms. The molecule has 2 aromatic heterocycles. The van der Waals surface area contributed by atoms with Crippen LogP contribution >= 0.6 is 11.3 Å². The van der Waals surface area contributed by atoms with Crippen molar-refractivity contribution >= 4 is 35.0 Å². The second-order valence-electron chi connectivity index (χ2n) is 10.7. The van der Waals surface area contributed by atoms with Gasteiger partial charge >= 0.3 is 5.97 Å². The van der Waals surface area contributed by atoms with Crippen molar-refractivity contribution in [2.24, 2.45) is 4.99 Å². The van der Waals surface area contributed by atoms with Crippen LogP contribution in [0.3, 0.4) is 0 Å². The molecule has 0 spiro atoms. The number of benzene rings is 3. The second-order valence-corrected chi connectivity index (χ2v) is 11.7. The molecule has 3 aromatic carbocycles. The number of furan rings is 1. The fourth-order valence-corrected chi connectivity index (χ4v) is 6.38. The number of fused-ring (bicyclic) bond motifs is 1. The van der Waals surface area contributed by atoms with Gasteiger partial charge in [-0.3, -0.25) is 14.2 Å². The third kappa shape index (κ3) is 5.75. The van der Waals surface area contributed by atoms with Gasteiger partial charge in [0.15, 0.2) is 4.80 Å². The Labute approximate surface area is 262 Å². The predicted octanol–water partition coefficient (Wildman–Crippen LogP) is 5.46. The molecule has 2 N–H and O–H groups in total. The third-order valence-electron chi connectivity index (χ3n) is 7.64. The standard InChI is InChI=1S/C35H29N3O6S/c1-19-5-15-27(20(2)17-19)37-32(39)30-21(3)36-35-38(31(30)23-10-12-25(43-4)13-11-23)33(40)29(45-35)18-26-14-16-28(44-26)22-6-8-24(9-7-22)34(41)42/h5-18,31H,1-4H3,(H,37,39)(H,41,42)/b29-18+/t31-/m0/s1. The summed E-state index contributed by atoms with van der Waals surface area (Å²) in [5, 5.41) is 12.2. The fraction of sp³-hybridized carbons (Fsp3) is 0.143. The van der Waals surface area contributed by atoms with Crippen LogP contribution in [0.4, 0.5) is 5.69 Å². The van der Waals surface area contributed by atoms with Crippen LogP contribution in [0.25, 0.3) is 17.4 Å². The molecule has 0 fully saturated rings. The Morgan fingerprint density at radius 2 is 1.73 bits per heavy atom. The van der Waals surface area contributed by atoms with Crippen LogP contribution in [0, 0.1) is 13.8 Å². The van der Waals surface area contributed by atoms with Crippen molar-refractivity contribution in [1.29, 1.82) is 0 Å². The molecular weight excluding hydrogens is 590 g/mol. The van der Waals surface area contributed by atoms with E-state index >= 15 is 0 Å². The lowest BCUT2D eigenvalue weighted by Gasteiger charge is -2.25. The zero-order valence-electron chi connectivity index (χ0n) is 25.0. The highest BCUT2D eigenvalue weighted by Crippen LogP contribution is 2.32. The van der Waals surface area contributed by atoms with Gasteiger partial charge in [0.2, 0.25) is 0 Å². The first-order valence-corrected chi connectivity index (χ1v) is 14.9. The molecule has 0 saturated carbocycles. The molecule has 1 aliphatic heterocycles. The van der Waals surface area contributed by atoms with E-state index in [2.05, 4.69) is 5.32 Å². The van der Waals surface area contributed by atoms with Crippen molar-refractivity contribution in [3.05, 3.63) is 138 Å². The highest BCUT2D eigenvalue weighted by Gasteiger charge is 2.32. The van der Waals surface area contributed by atoms with Crippen LogP contribution < -0.4 is 24.9 Å². The summed E-state index contributed by atoms with van der Waals surface area (Å²) in [6.07, 6.45) is 1.65. The Balaban J connectivity index is 1.42. The van der Waals surface area contributed by atoms with Crippen molar-refractivity contribution in [3.63, 3.8) is 0 Å². The van der Waals surface area contributed by atoms with Crippen LogP contribution in [0.2, 0.25) is 0 Å². The zero-order chi connectivity index (χ0) is 31.8. The number of methoxy groups -OCH3 is 1. The van der Waals surface area contributed by atoms with E-state index in [0.717, 1.165) is 16.7 Å². The summed E-state index contributed by atoms with van der Waals surface area (Å²) in [5.41, 5.74) is 4.87. The number of ether oxygens (including phenoxy) is 1. The summed E-state index contributed by atoms with van der Waals surface area (Å²) in [6.45, 7) is 5.70. The lowest BCUT2D eigenvalue weighted by molar-refractivity contribution is -0.113. The quantitative estimate of drug-likeness (QED) is 0.250. The van der Waals surface area contributed by atoms with E-state index in [1.54, 1.807) is 61.1 Å². The SMILES string of the molecule is COc1ccc([C@H]2C(C(=O)Nc3ccc(C)cc3C)=C(C)N=c3s/c(=C/c4ccc(-c5ccc(C(=O)O)cc5)o4)c(=O)n32)cc1. The van der Waals surface area contributed by atoms with Gasteiger partial charge in [0, 0.05) is 17.3 Å². The summed E-state index contributed by atoms with van der Waals surface area (Å²) in [6, 6.07) is 22.2. The lowest BCUT2D eigenvalue weighted by Crippen LogP contribution is -2.40. The normalized spacial score (nSPS) is 14.6. The number of amides is 1. The van der Waals surface area contributed by atoms with Crippen LogP contribution in [0.5, 0.6) is 5.75 Å². The summed E-state index contributed by atoms with van der Waals surface area (Å²) in [4.78, 5) is 44.3. The van der Waals surface area contributed by atoms with Gasteiger partial charge in [-0.05, 0) is 74.4 Å². The number of anilines is 1. The van der Waals surface area contributed by atoms with Gasteiger partial charge in [-0.25, -0.2) is 9.79 Å². The first-order chi connectivity index (χ1) is 21.6. The second kappa shape index (κ2) is 11.9. The van der Waals surface area contributed by atoms with Gasteiger partial charge in [-0.1, -0.05) is 53.3 Å². The Morgan fingerprint density at radius 3 is 2.40 bits per heavy atom. The average molecular weight is 620 g/mol. The summed E-state index contributed by atoms with van der Waals surface area (Å²) < 4.78 is 13.3. The number of carbonyl (C=O) groups is 2. The molecule has 1 aliphatic rings. The van der Waals surface area contributed by atoms with Crippen LogP contribution in [0.15, 0.2) is 104 Å². The molecule has 3 heterocycles. The monoisotopic (exact) mass is 619 g/mol. The van der Waals surface area contributed by atoms with Crippen molar-refractivity contribution in [1.82, 2.24) is 4.57 Å². The van der Waals surface area contributed by atoms with Gasteiger partial charge in [0.05, 0.1) is 34.5 Å². The van der Waals surface area contributed by atoms with Crippen LogP contribution in [-0.4, -0.2) is 28.7 Å². The van der Waals surface area contributed by atoms with Crippen LogP contribution in [-0.2, 0) is 4.79 Å². The number of aromatic nitrogens is 1. The molecule has 0 saturated heterocycles. The molecule has 9 nitrogen and oxygen atoms in total. The summed E-state index contributed by atoms with van der Waals surface area (Å²) in [7, 11) is 1.58. The number of thiazole rings is 1. The highest BCUT2D eigenvalue weighted by molar-refractivity contribution is 7.07. The van der Waals surface area contributed by atoms with Crippen molar-refractivity contribution < 1.29 is 23.8 Å². The van der Waals surface area contributed by atoms with E-state index < -0.39 is 12.0 Å². The molecule has 0 aliphatic carbocycles. The Bertz CT molecular complexity index is 2170. The third-order valence-corrected chi connectivity index (χ3v) is 8.63. The number of aryl methyl sites for hydroxylation is 2. The number of carbonyl (C=O) groups excluding carboxylic acids is 1. The number of carboxylic acids is 1. The first-order valence-electron chi connectivity index (χ1n) is 14.1. The highest BCUT2D eigenvalue weighted by atomic mass is 32.1. The fourth-order valence-electron chi connectivity index (χ4n) is 5.35. The predicted molar refractivity (Wildman–Crippen MR) is 172 cm³/mol. The van der Waals surface area contributed by atoms with Gasteiger partial charge in [0.1, 0.15) is 17.3 Å². The molecular formula is C35H29N3O6S. The number of rotatable bonds is 7. The van der Waals surface area contributed by atoms with E-state index in [9.17, 15) is 19.5 Å². The molecule has 0 radical (unpaired) electrons. The summed E-state index contributed by atoms with van der Waals surface area (Å²) in [5.74, 6) is 0.277. The smallest absolute Gasteiger partial charge is 0.335 e. The van der Waals surface area contributed by atoms with Crippen LogP contribution in [0.1, 0.15) is 45.8 Å². The molecule has 1 amide bonds. The van der Waals surface area contributed by atoms with E-state index in [0.29, 0.717) is 49.1 Å². The van der Waals surface area contributed by atoms with Gasteiger partial charge in [0.25, 0.3) is 11.5 Å². The topological polar surface area (TPSA) is 123 Å². The number of carboxylic acid groups (broad SMARTS) is 1. The lowest BCUT2D eigenvalue weighted by atomic mass is 9.95. The zero-order valence-corrected chi connectivity index (χ0v) is 25.8. The molecule has 45 heavy (non-hydrogen) atoms.